The van der Waals surface area contributed by atoms with Crippen LogP contribution in [0.2, 0.25) is 0 Å². The summed E-state index contributed by atoms with van der Waals surface area (Å²) in [6.07, 6.45) is 3.16. The number of halogens is 1. The van der Waals surface area contributed by atoms with Crippen LogP contribution in [0.3, 0.4) is 0 Å². The zero-order valence-electron chi connectivity index (χ0n) is 8.89. The van der Waals surface area contributed by atoms with Gasteiger partial charge in [0.2, 0.25) is 0 Å². The van der Waals surface area contributed by atoms with Crippen LogP contribution in [0.5, 0.6) is 0 Å². The van der Waals surface area contributed by atoms with Gasteiger partial charge in [0.15, 0.2) is 0 Å². The molecule has 1 aliphatic carbocycles. The lowest BCUT2D eigenvalue weighted by atomic mass is 9.61. The first-order valence-corrected chi connectivity index (χ1v) is 5.23. The van der Waals surface area contributed by atoms with E-state index in [0.29, 0.717) is 0 Å². The third-order valence-corrected chi connectivity index (χ3v) is 4.75. The first-order valence-electron chi connectivity index (χ1n) is 4.82. The van der Waals surface area contributed by atoms with Gasteiger partial charge >= 0.3 is 5.00 Å². The molecule has 1 aliphatic rings. The van der Waals surface area contributed by atoms with Crippen LogP contribution in [0.1, 0.15) is 47.0 Å². The van der Waals surface area contributed by atoms with E-state index in [-0.39, 0.29) is 10.8 Å². The van der Waals surface area contributed by atoms with Crippen LogP contribution in [0, 0.1) is 27.3 Å². The van der Waals surface area contributed by atoms with Gasteiger partial charge in [-0.1, -0.05) is 34.1 Å². The molecule has 1 saturated carbocycles. The molecule has 0 aromatic carbocycles. The zero-order valence-corrected chi connectivity index (χ0v) is 9.70. The van der Waals surface area contributed by atoms with Gasteiger partial charge in [-0.25, -0.2) is 0 Å². The van der Waals surface area contributed by atoms with Crippen LogP contribution in [-0.2, 0) is 0 Å². The molecule has 0 radical (unpaired) electrons. The molecule has 0 aromatic rings. The van der Waals surface area contributed by atoms with Crippen molar-refractivity contribution < 1.29 is 11.6 Å². The van der Waals surface area contributed by atoms with Crippen molar-refractivity contribution in [2.24, 2.45) is 16.0 Å². The van der Waals surface area contributed by atoms with Gasteiger partial charge in [-0.05, 0) is 12.8 Å². The Morgan fingerprint density at radius 1 is 1.08 bits per heavy atom. The van der Waals surface area contributed by atoms with Crippen LogP contribution in [0.25, 0.3) is 0 Å². The highest BCUT2D eigenvalue weighted by Crippen LogP contribution is 2.55. The molecule has 0 amide bonds. The second kappa shape index (κ2) is 2.94. The van der Waals surface area contributed by atoms with Crippen LogP contribution in [0.15, 0.2) is 5.18 Å². The van der Waals surface area contributed by atoms with E-state index >= 15 is 0 Å². The second-order valence-corrected chi connectivity index (χ2v) is 5.95. The third-order valence-electron chi connectivity index (χ3n) is 3.57. The van der Waals surface area contributed by atoms with Crippen molar-refractivity contribution in [3.8, 4) is 0 Å². The Bertz CT molecular complexity index is 207. The van der Waals surface area contributed by atoms with E-state index < -0.39 is 5.00 Å². The average Bonchev–Trinajstić information content (AvgIpc) is 1.99. The summed E-state index contributed by atoms with van der Waals surface area (Å²) in [7, 11) is 0. The molecule has 0 N–H and O–H groups in total. The summed E-state index contributed by atoms with van der Waals surface area (Å²) in [6.45, 7) is 8.23. The molecule has 1 fully saturated rings. The van der Waals surface area contributed by atoms with Gasteiger partial charge in [-0.3, -0.25) is 0 Å². The van der Waals surface area contributed by atoms with Gasteiger partial charge < -0.3 is 0 Å². The Morgan fingerprint density at radius 3 is 1.69 bits per heavy atom. The molecule has 13 heavy (non-hydrogen) atoms. The first kappa shape index (κ1) is 11.0. The van der Waals surface area contributed by atoms with Gasteiger partial charge in [-0.2, -0.15) is 0 Å². The summed E-state index contributed by atoms with van der Waals surface area (Å²) >= 11 is 5.45. The van der Waals surface area contributed by atoms with E-state index in [1.165, 1.54) is 0 Å². The quantitative estimate of drug-likeness (QED) is 0.367. The highest BCUT2D eigenvalue weighted by Gasteiger charge is 2.64. The second-order valence-electron chi connectivity index (χ2n) is 5.36. The van der Waals surface area contributed by atoms with Crippen molar-refractivity contribution in [1.82, 2.24) is 0 Å². The lowest BCUT2D eigenvalue weighted by molar-refractivity contribution is -0.537. The molecule has 0 bridgehead atoms. The minimum Gasteiger partial charge on any atom is -0.144 e. The Balaban J connectivity index is 3.12. The van der Waals surface area contributed by atoms with Crippen LogP contribution < -0.4 is 0 Å². The molecule has 0 aromatic heterocycles. The predicted octanol–water partition coefficient (Wildman–Crippen LogP) is 2.97. The fourth-order valence-corrected chi connectivity index (χ4v) is 2.68. The minimum atomic E-state index is -0.835. The number of hydrogen-bond donors (Lipinski definition) is 0. The number of rotatable bonds is 1. The fourth-order valence-electron chi connectivity index (χ4n) is 2.47. The molecule has 0 saturated heterocycles. The maximum absolute atomic E-state index is 11.0. The molecule has 76 valence electrons. The molecule has 2 nitrogen and oxygen atoms in total. The lowest BCUT2D eigenvalue weighted by Crippen LogP contribution is -2.54. The Morgan fingerprint density at radius 2 is 1.46 bits per heavy atom. The Hall–Kier alpha value is -0.110. The van der Waals surface area contributed by atoms with E-state index in [0.717, 1.165) is 19.3 Å². The van der Waals surface area contributed by atoms with Gasteiger partial charge in [-0.15, -0.1) is 4.91 Å². The summed E-state index contributed by atoms with van der Waals surface area (Å²) in [5.41, 5.74) is -0.294. The largest absolute Gasteiger partial charge is 0.324 e. The van der Waals surface area contributed by atoms with Crippen molar-refractivity contribution in [3.05, 3.63) is 4.91 Å². The number of hydrogen-bond acceptors (Lipinski definition) is 2. The van der Waals surface area contributed by atoms with Crippen LogP contribution >= 0.6 is 0 Å². The SMILES string of the molecule is CC1(C)CCCC(C)(C)C1([ClH+])N=O. The van der Waals surface area contributed by atoms with Crippen molar-refractivity contribution in [3.63, 3.8) is 0 Å². The molecule has 0 atom stereocenters. The Kier molecular flexibility index (Phi) is 2.48. The van der Waals surface area contributed by atoms with Gasteiger partial charge in [0.05, 0.1) is 10.8 Å². The fraction of sp³-hybridized carbons (Fsp3) is 1.00. The highest BCUT2D eigenvalue weighted by molar-refractivity contribution is 5.03. The summed E-state index contributed by atoms with van der Waals surface area (Å²) in [5.74, 6) is 0. The molecule has 0 heterocycles. The van der Waals surface area contributed by atoms with Crippen LogP contribution in [0.4, 0.5) is 0 Å². The first-order chi connectivity index (χ1) is 5.77. The van der Waals surface area contributed by atoms with E-state index in [1.807, 2.05) is 0 Å². The molecular formula is C10H19ClNO+. The lowest BCUT2D eigenvalue weighted by Gasteiger charge is -2.45. The molecule has 0 aliphatic heterocycles. The van der Waals surface area contributed by atoms with Crippen molar-refractivity contribution in [1.29, 1.82) is 0 Å². The smallest absolute Gasteiger partial charge is 0.144 e. The minimum absolute atomic E-state index is 0.147. The molecule has 0 unspecified atom stereocenters. The summed E-state index contributed by atoms with van der Waals surface area (Å²) in [5, 5.41) is 3.25. The maximum atomic E-state index is 11.0. The van der Waals surface area contributed by atoms with E-state index in [4.69, 9.17) is 11.6 Å². The van der Waals surface area contributed by atoms with E-state index in [1.54, 1.807) is 0 Å². The van der Waals surface area contributed by atoms with Gasteiger partial charge in [0, 0.05) is 5.18 Å². The summed E-state index contributed by atoms with van der Waals surface area (Å²) < 4.78 is 0. The number of alkyl halides is 1. The van der Waals surface area contributed by atoms with Crippen molar-refractivity contribution in [2.75, 3.05) is 0 Å². The van der Waals surface area contributed by atoms with Gasteiger partial charge in [0.25, 0.3) is 0 Å². The molecule has 0 spiro atoms. The summed E-state index contributed by atoms with van der Waals surface area (Å²) in [6, 6.07) is 0. The number of nitroso groups, excluding NO2 is 1. The third kappa shape index (κ3) is 1.39. The Labute approximate surface area is 85.0 Å². The normalized spacial score (nSPS) is 29.6. The monoisotopic (exact) mass is 204 g/mol. The number of nitrogens with zero attached hydrogens (tertiary/aromatic N) is 1. The molecule has 3 heteroatoms. The van der Waals surface area contributed by atoms with Crippen molar-refractivity contribution in [2.45, 2.75) is 52.0 Å². The van der Waals surface area contributed by atoms with Crippen molar-refractivity contribution >= 4 is 0 Å². The molecular weight excluding hydrogens is 186 g/mol. The van der Waals surface area contributed by atoms with E-state index in [2.05, 4.69) is 32.9 Å². The zero-order chi connectivity index (χ0) is 10.3. The summed E-state index contributed by atoms with van der Waals surface area (Å²) in [4.78, 5) is 10.1. The highest BCUT2D eigenvalue weighted by atomic mass is 35.5. The predicted molar refractivity (Wildman–Crippen MR) is 51.3 cm³/mol. The maximum Gasteiger partial charge on any atom is 0.324 e. The topological polar surface area (TPSA) is 29.4 Å². The van der Waals surface area contributed by atoms with Gasteiger partial charge in [0.1, 0.15) is 11.6 Å². The molecule has 1 rings (SSSR count). The van der Waals surface area contributed by atoms with E-state index in [9.17, 15) is 4.91 Å². The standard InChI is InChI=1S/C10H19ClNO/c1-8(2)6-5-7-9(3,4)10(8,11)12-13/h11H,5-7H2,1-4H3/q+1. The average molecular weight is 205 g/mol. The van der Waals surface area contributed by atoms with Crippen LogP contribution in [-0.4, -0.2) is 5.00 Å².